The Hall–Kier alpha value is -0.990. The van der Waals surface area contributed by atoms with Crippen molar-refractivity contribution in [2.45, 2.75) is 6.54 Å². The molecule has 0 amide bonds. The summed E-state index contributed by atoms with van der Waals surface area (Å²) in [5.74, 6) is 0. The van der Waals surface area contributed by atoms with Gasteiger partial charge >= 0.3 is 0 Å². The minimum atomic E-state index is 0. The summed E-state index contributed by atoms with van der Waals surface area (Å²) in [6.45, 7) is 7.96. The number of aromatic nitrogens is 2. The minimum absolute atomic E-state index is 0. The highest BCUT2D eigenvalue weighted by molar-refractivity contribution is 5.39. The molecule has 6 nitrogen and oxygen atoms in total. The van der Waals surface area contributed by atoms with Crippen LogP contribution < -0.4 is 17.0 Å². The quantitative estimate of drug-likeness (QED) is 0.553. The highest BCUT2D eigenvalue weighted by Crippen LogP contribution is 2.30. The van der Waals surface area contributed by atoms with Crippen LogP contribution in [0.4, 0.5) is 0 Å². The zero-order valence-corrected chi connectivity index (χ0v) is 13.5. The second-order valence-electron chi connectivity index (χ2n) is 6.56. The van der Waals surface area contributed by atoms with Gasteiger partial charge in [-0.1, -0.05) is 6.07 Å². The lowest BCUT2D eigenvalue weighted by Crippen LogP contribution is -3.00. The van der Waals surface area contributed by atoms with Gasteiger partial charge in [-0.3, -0.25) is 4.48 Å². The normalized spacial score (nSPS) is 36.9. The summed E-state index contributed by atoms with van der Waals surface area (Å²) < 4.78 is 3.24. The van der Waals surface area contributed by atoms with Gasteiger partial charge in [-0.25, -0.2) is 19.7 Å². The van der Waals surface area contributed by atoms with E-state index in [0.29, 0.717) is 0 Å². The van der Waals surface area contributed by atoms with E-state index < -0.39 is 0 Å². The average Bonchev–Trinajstić information content (AvgIpc) is 2.77. The Labute approximate surface area is 134 Å². The maximum Gasteiger partial charge on any atom is 0.139 e. The maximum atomic E-state index is 4.78. The van der Waals surface area contributed by atoms with Crippen molar-refractivity contribution in [3.63, 3.8) is 0 Å². The van der Waals surface area contributed by atoms with Crippen molar-refractivity contribution in [3.8, 4) is 0 Å². The third kappa shape index (κ3) is 2.20. The molecule has 4 aliphatic heterocycles. The maximum absolute atomic E-state index is 4.78. The number of hydrogen-bond donors (Lipinski definition) is 0. The van der Waals surface area contributed by atoms with Crippen molar-refractivity contribution in [1.82, 2.24) is 24.1 Å². The summed E-state index contributed by atoms with van der Waals surface area (Å²) in [7, 11) is 0. The molecule has 6 heterocycles. The molecule has 0 radical (unpaired) electrons. The van der Waals surface area contributed by atoms with Crippen molar-refractivity contribution in [2.24, 2.45) is 0 Å². The number of imidazole rings is 1. The molecule has 0 spiro atoms. The molecule has 0 aromatic carbocycles. The van der Waals surface area contributed by atoms with E-state index in [1.807, 2.05) is 0 Å². The van der Waals surface area contributed by atoms with E-state index in [2.05, 4.69) is 49.7 Å². The Morgan fingerprint density at radius 1 is 1.00 bits per heavy atom. The summed E-state index contributed by atoms with van der Waals surface area (Å²) in [6.07, 6.45) is 4.27. The van der Waals surface area contributed by atoms with Crippen LogP contribution in [-0.2, 0) is 6.54 Å². The zero-order chi connectivity index (χ0) is 13.2. The van der Waals surface area contributed by atoms with Gasteiger partial charge in [-0.2, -0.15) is 0 Å². The smallest absolute Gasteiger partial charge is 0.139 e. The number of fused-ring (bicyclic) bond motifs is 1. The molecule has 4 saturated heterocycles. The molecule has 0 saturated carbocycles. The van der Waals surface area contributed by atoms with Gasteiger partial charge in [0.2, 0.25) is 0 Å². The van der Waals surface area contributed by atoms with Crippen LogP contribution in [0.5, 0.6) is 0 Å². The predicted molar refractivity (Wildman–Crippen MR) is 73.9 cm³/mol. The van der Waals surface area contributed by atoms with Gasteiger partial charge in [0.25, 0.3) is 0 Å². The van der Waals surface area contributed by atoms with Crippen LogP contribution in [0.2, 0.25) is 0 Å². The molecule has 4 bridgehead atoms. The van der Waals surface area contributed by atoms with Crippen LogP contribution in [0, 0.1) is 0 Å². The predicted octanol–water partition coefficient (Wildman–Crippen LogP) is -2.65. The second-order valence-corrected chi connectivity index (χ2v) is 6.56. The fourth-order valence-corrected chi connectivity index (χ4v) is 4.21. The number of pyridine rings is 1. The molecule has 4 aliphatic rings. The lowest BCUT2D eigenvalue weighted by molar-refractivity contribution is -0.991. The highest BCUT2D eigenvalue weighted by Gasteiger charge is 2.48. The number of nitrogens with zero attached hydrogens (tertiary/aromatic N) is 6. The van der Waals surface area contributed by atoms with Gasteiger partial charge in [0, 0.05) is 12.4 Å². The van der Waals surface area contributed by atoms with Crippen molar-refractivity contribution in [1.29, 1.82) is 0 Å². The molecule has 0 N–H and O–H groups in total. The third-order valence-corrected chi connectivity index (χ3v) is 4.61. The molecule has 6 rings (SSSR count). The lowest BCUT2D eigenvalue weighted by Gasteiger charge is -2.60. The Morgan fingerprint density at radius 3 is 2.29 bits per heavy atom. The van der Waals surface area contributed by atoms with Crippen LogP contribution in [0.25, 0.3) is 5.65 Å². The van der Waals surface area contributed by atoms with E-state index in [9.17, 15) is 0 Å². The Morgan fingerprint density at radius 2 is 1.67 bits per heavy atom. The fourth-order valence-electron chi connectivity index (χ4n) is 4.21. The summed E-state index contributed by atoms with van der Waals surface area (Å²) >= 11 is 0. The first-order chi connectivity index (χ1) is 9.78. The first kappa shape index (κ1) is 13.7. The van der Waals surface area contributed by atoms with Crippen LogP contribution in [0.3, 0.4) is 0 Å². The van der Waals surface area contributed by atoms with E-state index in [1.165, 1.54) is 25.7 Å². The standard InChI is InChI=1S/C14H19N6.BrH/c1-2-4-19-5-13(15-14(19)3-1)6-20-10-16-7-17(11-20)9-18(8-16)12-20;/h1-5H,6-12H2;1H/q+1;/p-1. The average molecular weight is 351 g/mol. The number of rotatable bonds is 2. The molecule has 0 aliphatic carbocycles. The third-order valence-electron chi connectivity index (χ3n) is 4.61. The van der Waals surface area contributed by atoms with Crippen molar-refractivity contribution in [3.05, 3.63) is 36.3 Å². The first-order valence-electron chi connectivity index (χ1n) is 7.23. The zero-order valence-electron chi connectivity index (χ0n) is 11.9. The first-order valence-corrected chi connectivity index (χ1v) is 7.23. The van der Waals surface area contributed by atoms with E-state index in [0.717, 1.165) is 36.7 Å². The van der Waals surface area contributed by atoms with Gasteiger partial charge in [-0.15, -0.1) is 0 Å². The molecular weight excluding hydrogens is 332 g/mol. The van der Waals surface area contributed by atoms with E-state index in [1.54, 1.807) is 0 Å². The van der Waals surface area contributed by atoms with Crippen LogP contribution >= 0.6 is 0 Å². The van der Waals surface area contributed by atoms with Crippen LogP contribution in [0.15, 0.2) is 30.6 Å². The molecule has 2 aromatic rings. The molecule has 2 aromatic heterocycles. The SMILES string of the molecule is [Br-].c1ccn2cc(C[N+]34CN5CN(CN(C5)C3)C4)nc2c1. The van der Waals surface area contributed by atoms with Gasteiger partial charge in [0.1, 0.15) is 37.9 Å². The van der Waals surface area contributed by atoms with Gasteiger partial charge in [-0.05, 0) is 12.1 Å². The van der Waals surface area contributed by atoms with Crippen LogP contribution in [-0.4, -0.2) is 68.6 Å². The summed E-state index contributed by atoms with van der Waals surface area (Å²) in [5, 5.41) is 0. The lowest BCUT2D eigenvalue weighted by atomic mass is 10.2. The highest BCUT2D eigenvalue weighted by atomic mass is 79.9. The number of quaternary nitrogens is 1. The van der Waals surface area contributed by atoms with Gasteiger partial charge in [0.15, 0.2) is 0 Å². The summed E-state index contributed by atoms with van der Waals surface area (Å²) in [5.41, 5.74) is 2.26. The van der Waals surface area contributed by atoms with Crippen molar-refractivity contribution < 1.29 is 21.5 Å². The summed E-state index contributed by atoms with van der Waals surface area (Å²) in [6, 6.07) is 6.18. The van der Waals surface area contributed by atoms with Gasteiger partial charge in [0.05, 0.1) is 20.0 Å². The van der Waals surface area contributed by atoms with Crippen molar-refractivity contribution >= 4 is 5.65 Å². The van der Waals surface area contributed by atoms with Crippen molar-refractivity contribution in [2.75, 3.05) is 40.0 Å². The van der Waals surface area contributed by atoms with E-state index >= 15 is 0 Å². The fraction of sp³-hybridized carbons (Fsp3) is 0.500. The van der Waals surface area contributed by atoms with Crippen LogP contribution in [0.1, 0.15) is 5.69 Å². The molecule has 0 atom stereocenters. The number of hydrogen-bond acceptors (Lipinski definition) is 4. The largest absolute Gasteiger partial charge is 1.00 e. The summed E-state index contributed by atoms with van der Waals surface area (Å²) in [4.78, 5) is 12.4. The molecular formula is C14H19BrN6. The topological polar surface area (TPSA) is 27.0 Å². The van der Waals surface area contributed by atoms with E-state index in [-0.39, 0.29) is 17.0 Å². The Kier molecular flexibility index (Phi) is 3.09. The molecule has 0 unspecified atom stereocenters. The number of halogens is 1. The Balaban J connectivity index is 0.00000115. The molecule has 7 heteroatoms. The Bertz CT molecular complexity index is 600. The minimum Gasteiger partial charge on any atom is -1.00 e. The van der Waals surface area contributed by atoms with E-state index in [4.69, 9.17) is 4.98 Å². The molecule has 4 fully saturated rings. The monoisotopic (exact) mass is 350 g/mol. The van der Waals surface area contributed by atoms with Gasteiger partial charge < -0.3 is 21.4 Å². The molecule has 112 valence electrons. The second kappa shape index (κ2) is 4.76. The molecule has 21 heavy (non-hydrogen) atoms.